The van der Waals surface area contributed by atoms with Crippen LogP contribution in [-0.4, -0.2) is 9.97 Å². The van der Waals surface area contributed by atoms with Crippen molar-refractivity contribution in [3.8, 4) is 11.3 Å². The molecule has 0 atom stereocenters. The lowest BCUT2D eigenvalue weighted by Crippen LogP contribution is -2.09. The van der Waals surface area contributed by atoms with Crippen molar-refractivity contribution in [3.63, 3.8) is 0 Å². The molecule has 0 radical (unpaired) electrons. The second kappa shape index (κ2) is 4.75. The van der Waals surface area contributed by atoms with E-state index in [0.29, 0.717) is 0 Å². The van der Waals surface area contributed by atoms with Gasteiger partial charge in [0.05, 0.1) is 5.69 Å². The first-order chi connectivity index (χ1) is 7.79. The molecule has 0 saturated carbocycles. The Bertz CT molecular complexity index is 514. The molecule has 2 aromatic rings. The molecule has 0 unspecified atom stereocenters. The zero-order chi connectivity index (χ0) is 11.4. The molecule has 82 valence electrons. The van der Waals surface area contributed by atoms with Crippen LogP contribution in [0.4, 0.5) is 0 Å². The number of aryl methyl sites for hydroxylation is 1. The minimum absolute atomic E-state index is 0.310. The molecule has 1 aromatic carbocycles. The number of aromatic amines is 1. The zero-order valence-corrected chi connectivity index (χ0v) is 9.23. The van der Waals surface area contributed by atoms with Gasteiger partial charge in [0.25, 0.3) is 0 Å². The minimum Gasteiger partial charge on any atom is -0.305 e. The summed E-state index contributed by atoms with van der Waals surface area (Å²) in [5.74, 6) is 0. The highest BCUT2D eigenvalue weighted by molar-refractivity contribution is 5.58. The van der Waals surface area contributed by atoms with Crippen molar-refractivity contribution >= 4 is 0 Å². The fourth-order valence-electron chi connectivity index (χ4n) is 1.68. The van der Waals surface area contributed by atoms with E-state index >= 15 is 0 Å². The molecule has 0 aliphatic rings. The van der Waals surface area contributed by atoms with Gasteiger partial charge < -0.3 is 4.98 Å². The Balaban J connectivity index is 2.31. The number of rotatable bonds is 3. The molecule has 0 aliphatic carbocycles. The van der Waals surface area contributed by atoms with Crippen molar-refractivity contribution in [2.45, 2.75) is 19.8 Å². The molecule has 16 heavy (non-hydrogen) atoms. The number of nitrogens with zero attached hydrogens (tertiary/aromatic N) is 1. The molecular weight excluding hydrogens is 200 g/mol. The van der Waals surface area contributed by atoms with Gasteiger partial charge in [0.15, 0.2) is 0 Å². The highest BCUT2D eigenvalue weighted by Crippen LogP contribution is 2.16. The normalized spacial score (nSPS) is 10.3. The maximum atomic E-state index is 11.1. The van der Waals surface area contributed by atoms with Gasteiger partial charge in [0.1, 0.15) is 0 Å². The van der Waals surface area contributed by atoms with Crippen molar-refractivity contribution in [2.24, 2.45) is 0 Å². The topological polar surface area (TPSA) is 45.8 Å². The molecule has 1 aromatic heterocycles. The van der Waals surface area contributed by atoms with Crippen molar-refractivity contribution in [1.82, 2.24) is 9.97 Å². The maximum Gasteiger partial charge on any atom is 0.345 e. The third-order valence-corrected chi connectivity index (χ3v) is 2.48. The van der Waals surface area contributed by atoms with Crippen LogP contribution in [0.15, 0.2) is 41.3 Å². The monoisotopic (exact) mass is 214 g/mol. The summed E-state index contributed by atoms with van der Waals surface area (Å²) in [7, 11) is 0. The lowest BCUT2D eigenvalue weighted by atomic mass is 10.1. The first kappa shape index (κ1) is 10.6. The highest BCUT2D eigenvalue weighted by Gasteiger charge is 1.98. The maximum absolute atomic E-state index is 11.1. The van der Waals surface area contributed by atoms with Gasteiger partial charge in [-0.1, -0.05) is 37.6 Å². The second-order valence-corrected chi connectivity index (χ2v) is 3.74. The van der Waals surface area contributed by atoms with Gasteiger partial charge in [-0.05, 0) is 23.6 Å². The van der Waals surface area contributed by atoms with Crippen LogP contribution in [-0.2, 0) is 6.42 Å². The van der Waals surface area contributed by atoms with Crippen molar-refractivity contribution in [2.75, 3.05) is 0 Å². The fourth-order valence-corrected chi connectivity index (χ4v) is 1.68. The summed E-state index contributed by atoms with van der Waals surface area (Å²) in [6.07, 6.45) is 3.76. The number of hydrogen-bond donors (Lipinski definition) is 1. The van der Waals surface area contributed by atoms with Crippen LogP contribution in [0.25, 0.3) is 11.3 Å². The Kier molecular flexibility index (Phi) is 3.15. The molecule has 0 spiro atoms. The summed E-state index contributed by atoms with van der Waals surface area (Å²) < 4.78 is 0. The van der Waals surface area contributed by atoms with Crippen LogP contribution in [0, 0.1) is 0 Å². The van der Waals surface area contributed by atoms with Gasteiger partial charge in [-0.25, -0.2) is 9.78 Å². The molecule has 0 aliphatic heterocycles. The van der Waals surface area contributed by atoms with E-state index in [-0.39, 0.29) is 5.69 Å². The molecule has 0 amide bonds. The number of nitrogens with one attached hydrogen (secondary N) is 1. The minimum atomic E-state index is -0.310. The van der Waals surface area contributed by atoms with Crippen molar-refractivity contribution in [3.05, 3.63) is 52.6 Å². The van der Waals surface area contributed by atoms with Crippen molar-refractivity contribution in [1.29, 1.82) is 0 Å². The number of hydrogen-bond acceptors (Lipinski definition) is 2. The lowest BCUT2D eigenvalue weighted by Gasteiger charge is -2.02. The summed E-state index contributed by atoms with van der Waals surface area (Å²) in [4.78, 5) is 17.4. The predicted molar refractivity (Wildman–Crippen MR) is 64.3 cm³/mol. The highest BCUT2D eigenvalue weighted by atomic mass is 16.1. The SMILES string of the molecule is CCCc1ccc(-c2ccnc(=O)[nH]2)cc1. The zero-order valence-electron chi connectivity index (χ0n) is 9.23. The number of H-pyrrole nitrogens is 1. The summed E-state index contributed by atoms with van der Waals surface area (Å²) in [5.41, 5.74) is 2.83. The summed E-state index contributed by atoms with van der Waals surface area (Å²) in [5, 5.41) is 0. The lowest BCUT2D eigenvalue weighted by molar-refractivity contribution is 0.922. The average molecular weight is 214 g/mol. The Hall–Kier alpha value is -1.90. The van der Waals surface area contributed by atoms with Crippen LogP contribution in [0.5, 0.6) is 0 Å². The van der Waals surface area contributed by atoms with E-state index in [9.17, 15) is 4.79 Å². The van der Waals surface area contributed by atoms with Crippen LogP contribution in [0.2, 0.25) is 0 Å². The third-order valence-electron chi connectivity index (χ3n) is 2.48. The fraction of sp³-hybridized carbons (Fsp3) is 0.231. The molecule has 3 nitrogen and oxygen atoms in total. The molecular formula is C13H14N2O. The Morgan fingerprint density at radius 2 is 1.94 bits per heavy atom. The Morgan fingerprint density at radius 1 is 1.19 bits per heavy atom. The summed E-state index contributed by atoms with van der Waals surface area (Å²) >= 11 is 0. The van der Waals surface area contributed by atoms with Crippen LogP contribution < -0.4 is 5.69 Å². The van der Waals surface area contributed by atoms with Gasteiger partial charge in [-0.2, -0.15) is 0 Å². The Labute approximate surface area is 94.2 Å². The molecule has 2 rings (SSSR count). The van der Waals surface area contributed by atoms with Gasteiger partial charge in [0, 0.05) is 6.20 Å². The van der Waals surface area contributed by atoms with E-state index in [1.165, 1.54) is 11.8 Å². The smallest absolute Gasteiger partial charge is 0.305 e. The van der Waals surface area contributed by atoms with Crippen LogP contribution in [0.1, 0.15) is 18.9 Å². The summed E-state index contributed by atoms with van der Waals surface area (Å²) in [6, 6.07) is 10.0. The van der Waals surface area contributed by atoms with Gasteiger partial charge in [-0.15, -0.1) is 0 Å². The first-order valence-electron chi connectivity index (χ1n) is 5.44. The molecule has 0 fully saturated rings. The average Bonchev–Trinajstić information content (AvgIpc) is 2.30. The van der Waals surface area contributed by atoms with Crippen LogP contribution in [0.3, 0.4) is 0 Å². The molecule has 3 heteroatoms. The summed E-state index contributed by atoms with van der Waals surface area (Å²) in [6.45, 7) is 2.16. The molecule has 1 N–H and O–H groups in total. The van der Waals surface area contributed by atoms with Gasteiger partial charge in [-0.3, -0.25) is 0 Å². The van der Waals surface area contributed by atoms with E-state index < -0.39 is 0 Å². The third kappa shape index (κ3) is 2.37. The van der Waals surface area contributed by atoms with Gasteiger partial charge >= 0.3 is 5.69 Å². The largest absolute Gasteiger partial charge is 0.345 e. The predicted octanol–water partition coefficient (Wildman–Crippen LogP) is 2.39. The standard InChI is InChI=1S/C13H14N2O/c1-2-3-10-4-6-11(7-5-10)12-8-9-14-13(16)15-12/h4-9H,2-3H2,1H3,(H,14,15,16). The van der Waals surface area contributed by atoms with Crippen LogP contribution >= 0.6 is 0 Å². The van der Waals surface area contributed by atoms with Gasteiger partial charge in [0.2, 0.25) is 0 Å². The quantitative estimate of drug-likeness (QED) is 0.852. The molecule has 0 saturated heterocycles. The van der Waals surface area contributed by atoms with E-state index in [2.05, 4.69) is 29.0 Å². The van der Waals surface area contributed by atoms with Crippen molar-refractivity contribution < 1.29 is 0 Å². The van der Waals surface area contributed by atoms with E-state index in [4.69, 9.17) is 0 Å². The van der Waals surface area contributed by atoms with E-state index in [0.717, 1.165) is 24.1 Å². The van der Waals surface area contributed by atoms with E-state index in [1.807, 2.05) is 12.1 Å². The molecule has 0 bridgehead atoms. The number of benzene rings is 1. The second-order valence-electron chi connectivity index (χ2n) is 3.74. The Morgan fingerprint density at radius 3 is 2.56 bits per heavy atom. The number of aromatic nitrogens is 2. The molecule has 1 heterocycles. The van der Waals surface area contributed by atoms with E-state index in [1.54, 1.807) is 6.07 Å². The first-order valence-corrected chi connectivity index (χ1v) is 5.44.